The van der Waals surface area contributed by atoms with Gasteiger partial charge in [0.15, 0.2) is 6.20 Å². The van der Waals surface area contributed by atoms with Gasteiger partial charge in [0.25, 0.3) is 0 Å². The predicted octanol–water partition coefficient (Wildman–Crippen LogP) is 3.39. The minimum atomic E-state index is -4.29. The molecule has 0 saturated carbocycles. The molecule has 1 heterocycles. The van der Waals surface area contributed by atoms with Crippen LogP contribution in [-0.2, 0) is 6.18 Å². The number of pyridine rings is 1. The highest BCUT2D eigenvalue weighted by atomic mass is 32.2. The van der Waals surface area contributed by atoms with Gasteiger partial charge < -0.3 is 0 Å². The quantitative estimate of drug-likeness (QED) is 0.701. The minimum Gasteiger partial charge on any atom is -0.211 e. The summed E-state index contributed by atoms with van der Waals surface area (Å²) in [6, 6.07) is 5.59. The van der Waals surface area contributed by atoms with Crippen LogP contribution in [-0.4, -0.2) is 6.26 Å². The molecule has 0 atom stereocenters. The van der Waals surface area contributed by atoms with Gasteiger partial charge in [-0.1, -0.05) is 0 Å². The van der Waals surface area contributed by atoms with E-state index in [9.17, 15) is 13.2 Å². The minimum absolute atomic E-state index is 0.502. The van der Waals surface area contributed by atoms with E-state index in [0.717, 1.165) is 22.4 Å². The number of rotatable bonds is 1. The third-order valence-electron chi connectivity index (χ3n) is 2.31. The number of benzene rings is 1. The number of alkyl halides is 3. The van der Waals surface area contributed by atoms with Crippen LogP contribution < -0.4 is 4.98 Å². The Morgan fingerprint density at radius 1 is 1.19 bits per heavy atom. The lowest BCUT2D eigenvalue weighted by Crippen LogP contribution is -2.08. The molecule has 0 spiro atoms. The molecular formula is C11H9F3NS+. The maximum Gasteiger partial charge on any atom is 0.416 e. The molecule has 0 aliphatic heterocycles. The Kier molecular flexibility index (Phi) is 2.80. The number of aromatic amines is 1. The van der Waals surface area contributed by atoms with E-state index in [1.165, 1.54) is 17.8 Å². The van der Waals surface area contributed by atoms with E-state index in [1.807, 2.05) is 12.3 Å². The molecule has 1 N–H and O–H groups in total. The van der Waals surface area contributed by atoms with Gasteiger partial charge in [-0.25, -0.2) is 4.98 Å². The molecule has 0 radical (unpaired) electrons. The maximum atomic E-state index is 12.5. The second-order valence-corrected chi connectivity index (χ2v) is 4.15. The average Bonchev–Trinajstić information content (AvgIpc) is 2.26. The van der Waals surface area contributed by atoms with Crippen molar-refractivity contribution in [2.75, 3.05) is 6.26 Å². The molecule has 0 aliphatic rings. The predicted molar refractivity (Wildman–Crippen MR) is 57.3 cm³/mol. The number of halogens is 3. The summed E-state index contributed by atoms with van der Waals surface area (Å²) >= 11 is 1.51. The van der Waals surface area contributed by atoms with Crippen LogP contribution in [0.25, 0.3) is 10.9 Å². The molecule has 0 aliphatic carbocycles. The Labute approximate surface area is 94.7 Å². The summed E-state index contributed by atoms with van der Waals surface area (Å²) in [5.41, 5.74) is -0.129. The zero-order chi connectivity index (χ0) is 11.8. The molecule has 84 valence electrons. The van der Waals surface area contributed by atoms with Crippen LogP contribution in [0.3, 0.4) is 0 Å². The molecule has 2 aromatic rings. The number of thioether (sulfide) groups is 1. The van der Waals surface area contributed by atoms with Crippen LogP contribution in [0.4, 0.5) is 13.2 Å². The third kappa shape index (κ3) is 2.00. The monoisotopic (exact) mass is 244 g/mol. The van der Waals surface area contributed by atoms with Gasteiger partial charge >= 0.3 is 6.18 Å². The Hall–Kier alpha value is -1.23. The summed E-state index contributed by atoms with van der Waals surface area (Å²) in [5, 5.41) is 0.808. The van der Waals surface area contributed by atoms with Gasteiger partial charge in [-0.3, -0.25) is 0 Å². The average molecular weight is 244 g/mol. The fraction of sp³-hybridized carbons (Fsp3) is 0.182. The second kappa shape index (κ2) is 3.97. The van der Waals surface area contributed by atoms with E-state index in [4.69, 9.17) is 0 Å². The lowest BCUT2D eigenvalue weighted by Gasteiger charge is -2.06. The molecule has 2 rings (SSSR count). The summed E-state index contributed by atoms with van der Waals surface area (Å²) in [6.07, 6.45) is -0.752. The normalized spacial score (nSPS) is 12.0. The molecule has 0 amide bonds. The molecule has 0 bridgehead atoms. The van der Waals surface area contributed by atoms with Crippen molar-refractivity contribution < 1.29 is 18.2 Å². The fourth-order valence-corrected chi connectivity index (χ4v) is 2.13. The molecule has 1 nitrogen and oxygen atoms in total. The van der Waals surface area contributed by atoms with Crippen molar-refractivity contribution in [3.63, 3.8) is 0 Å². The van der Waals surface area contributed by atoms with E-state index in [2.05, 4.69) is 4.98 Å². The van der Waals surface area contributed by atoms with Crippen molar-refractivity contribution in [3.8, 4) is 0 Å². The lowest BCUT2D eigenvalue weighted by molar-refractivity contribution is -0.345. The second-order valence-electron chi connectivity index (χ2n) is 3.30. The van der Waals surface area contributed by atoms with Crippen LogP contribution in [0.5, 0.6) is 0 Å². The van der Waals surface area contributed by atoms with Crippen LogP contribution in [0.2, 0.25) is 0 Å². The van der Waals surface area contributed by atoms with Gasteiger partial charge in [0, 0.05) is 17.0 Å². The lowest BCUT2D eigenvalue weighted by atomic mass is 10.1. The van der Waals surface area contributed by atoms with Gasteiger partial charge in [-0.2, -0.15) is 13.2 Å². The molecular weight excluding hydrogens is 235 g/mol. The molecule has 5 heteroatoms. The topological polar surface area (TPSA) is 14.1 Å². The van der Waals surface area contributed by atoms with Crippen molar-refractivity contribution in [1.82, 2.24) is 0 Å². The molecule has 1 aromatic carbocycles. The summed E-state index contributed by atoms with van der Waals surface area (Å²) < 4.78 is 37.4. The molecule has 16 heavy (non-hydrogen) atoms. The Morgan fingerprint density at radius 2 is 1.94 bits per heavy atom. The number of nitrogens with one attached hydrogen (secondary N) is 1. The Morgan fingerprint density at radius 3 is 2.56 bits per heavy atom. The summed E-state index contributed by atoms with van der Waals surface area (Å²) in [4.78, 5) is 3.79. The first-order valence-corrected chi connectivity index (χ1v) is 5.80. The van der Waals surface area contributed by atoms with E-state index in [1.54, 1.807) is 6.20 Å². The first-order valence-electron chi connectivity index (χ1n) is 4.58. The molecule has 0 fully saturated rings. The standard InChI is InChI=1S/C11H8F3NS/c1-16-10-4-5-15-9-6-7(11(12,13)14)2-3-8(9)10/h2-6H,1H3/p+1. The van der Waals surface area contributed by atoms with Gasteiger partial charge in [-0.05, 0) is 18.4 Å². The zero-order valence-corrected chi connectivity index (χ0v) is 9.25. The van der Waals surface area contributed by atoms with Crippen LogP contribution in [0.1, 0.15) is 5.56 Å². The van der Waals surface area contributed by atoms with Crippen molar-refractivity contribution in [1.29, 1.82) is 0 Å². The van der Waals surface area contributed by atoms with E-state index in [-0.39, 0.29) is 0 Å². The van der Waals surface area contributed by atoms with Crippen molar-refractivity contribution in [2.45, 2.75) is 11.1 Å². The van der Waals surface area contributed by atoms with Crippen LogP contribution >= 0.6 is 11.8 Å². The number of aromatic nitrogens is 1. The highest BCUT2D eigenvalue weighted by Gasteiger charge is 2.31. The number of H-pyrrole nitrogens is 1. The SMILES string of the molecule is CSc1cc[nH+]c2cc(C(F)(F)F)ccc12. The smallest absolute Gasteiger partial charge is 0.211 e. The van der Waals surface area contributed by atoms with E-state index >= 15 is 0 Å². The van der Waals surface area contributed by atoms with E-state index < -0.39 is 11.7 Å². The van der Waals surface area contributed by atoms with Gasteiger partial charge in [-0.15, -0.1) is 11.8 Å². The number of fused-ring (bicyclic) bond motifs is 1. The molecule has 0 unspecified atom stereocenters. The number of hydrogen-bond acceptors (Lipinski definition) is 1. The largest absolute Gasteiger partial charge is 0.416 e. The van der Waals surface area contributed by atoms with Gasteiger partial charge in [0.1, 0.15) is 0 Å². The summed E-state index contributed by atoms with van der Waals surface area (Å²) in [7, 11) is 0. The number of hydrogen-bond donors (Lipinski definition) is 0. The molecule has 1 aromatic heterocycles. The maximum absolute atomic E-state index is 12.5. The first kappa shape index (κ1) is 11.3. The highest BCUT2D eigenvalue weighted by molar-refractivity contribution is 7.98. The Bertz CT molecular complexity index is 522. The van der Waals surface area contributed by atoms with Crippen molar-refractivity contribution in [2.24, 2.45) is 0 Å². The van der Waals surface area contributed by atoms with Crippen LogP contribution in [0, 0.1) is 0 Å². The summed E-state index contributed by atoms with van der Waals surface area (Å²) in [6.45, 7) is 0. The molecule has 0 saturated heterocycles. The van der Waals surface area contributed by atoms with Gasteiger partial charge in [0.05, 0.1) is 10.9 Å². The first-order chi connectivity index (χ1) is 7.52. The van der Waals surface area contributed by atoms with E-state index in [0.29, 0.717) is 5.52 Å². The third-order valence-corrected chi connectivity index (χ3v) is 3.10. The zero-order valence-electron chi connectivity index (χ0n) is 8.43. The fourth-order valence-electron chi connectivity index (χ4n) is 1.53. The van der Waals surface area contributed by atoms with Gasteiger partial charge in [0.2, 0.25) is 5.52 Å². The summed E-state index contributed by atoms with van der Waals surface area (Å²) in [5.74, 6) is 0. The Balaban J connectivity index is 2.64. The highest BCUT2D eigenvalue weighted by Crippen LogP contribution is 2.32. The van der Waals surface area contributed by atoms with Crippen LogP contribution in [0.15, 0.2) is 35.4 Å². The van der Waals surface area contributed by atoms with Crippen molar-refractivity contribution >= 4 is 22.7 Å². The van der Waals surface area contributed by atoms with Crippen molar-refractivity contribution in [3.05, 3.63) is 36.0 Å².